The molecule has 2 fully saturated rings. The molecule has 2 saturated heterocycles. The van der Waals surface area contributed by atoms with Gasteiger partial charge in [0.1, 0.15) is 57.9 Å². The molecule has 4 atom stereocenters. The molecule has 8 aromatic rings. The van der Waals surface area contributed by atoms with Crippen molar-refractivity contribution in [1.82, 2.24) is 29.9 Å². The van der Waals surface area contributed by atoms with Crippen LogP contribution in [0.5, 0.6) is 23.0 Å². The van der Waals surface area contributed by atoms with Crippen LogP contribution in [0.4, 0.5) is 5.82 Å². The molecule has 2 aliphatic rings. The zero-order chi connectivity index (χ0) is 48.3. The second-order valence-electron chi connectivity index (χ2n) is 16.0. The van der Waals surface area contributed by atoms with Crippen molar-refractivity contribution in [3.63, 3.8) is 0 Å². The van der Waals surface area contributed by atoms with E-state index in [9.17, 15) is 14.7 Å². The minimum Gasteiger partial charge on any atom is -0.457 e. The van der Waals surface area contributed by atoms with Gasteiger partial charge in [-0.1, -0.05) is 86.1 Å². The number of ether oxygens (including phenoxy) is 4. The summed E-state index contributed by atoms with van der Waals surface area (Å²) in [5, 5.41) is 23.1. The lowest BCUT2D eigenvalue weighted by molar-refractivity contribution is -0.0254. The quantitative estimate of drug-likeness (QED) is 0.0494. The van der Waals surface area contributed by atoms with E-state index in [1.807, 2.05) is 60.7 Å². The number of halogens is 3. The third kappa shape index (κ3) is 13.5. The number of aromatic nitrogens is 6. The number of aliphatic hydroxyl groups is 2. The number of carbonyl (C=O) groups excluding carboxylic acids is 2. The van der Waals surface area contributed by atoms with E-state index in [0.717, 1.165) is 25.7 Å². The number of anilines is 1. The third-order valence-electron chi connectivity index (χ3n) is 11.2. The SMILES string of the molecule is C.C.N[C@@H]1CC[C@@H](CO)OC1.O=C(c1ccc(Oc2ccccc2)cc1Cl)c1c[nH]c2ncnc(Cl)c12.O=C(c1ccc(Oc2ccccc2)cc1Cl)c1c[nH]c2ncnc(N[C@@H]3CC[C@@H](CO)OC3)c12. The van der Waals surface area contributed by atoms with Gasteiger partial charge in [0.05, 0.1) is 76.6 Å². The Hall–Kier alpha value is -6.47. The fraction of sp³-hybridized carbons (Fsp3) is 0.269. The molecule has 0 spiro atoms. The monoisotopic (exact) mass is 1020 g/mol. The first kappa shape index (κ1) is 53.9. The molecule has 0 unspecified atom stereocenters. The van der Waals surface area contributed by atoms with Gasteiger partial charge >= 0.3 is 0 Å². The normalized spacial score (nSPS) is 17.3. The maximum absolute atomic E-state index is 13.5. The largest absolute Gasteiger partial charge is 0.457 e. The Labute approximate surface area is 425 Å². The van der Waals surface area contributed by atoms with Crippen molar-refractivity contribution in [3.05, 3.63) is 160 Å². The Morgan fingerprint density at radius 2 is 1.11 bits per heavy atom. The lowest BCUT2D eigenvalue weighted by Crippen LogP contribution is -2.36. The van der Waals surface area contributed by atoms with Gasteiger partial charge in [0.15, 0.2) is 11.6 Å². The van der Waals surface area contributed by atoms with Crippen molar-refractivity contribution in [2.24, 2.45) is 5.73 Å². The molecule has 4 aromatic heterocycles. The van der Waals surface area contributed by atoms with E-state index in [4.69, 9.17) is 64.6 Å². The summed E-state index contributed by atoms with van der Waals surface area (Å²) < 4.78 is 22.4. The molecule has 71 heavy (non-hydrogen) atoms. The highest BCUT2D eigenvalue weighted by Gasteiger charge is 2.26. The van der Waals surface area contributed by atoms with Crippen LogP contribution in [-0.4, -0.2) is 102 Å². The van der Waals surface area contributed by atoms with Crippen molar-refractivity contribution < 1.29 is 38.7 Å². The topological polar surface area (TPSA) is 233 Å². The Bertz CT molecular complexity index is 3000. The van der Waals surface area contributed by atoms with Gasteiger partial charge in [-0.2, -0.15) is 0 Å². The van der Waals surface area contributed by atoms with Gasteiger partial charge in [-0.05, 0) is 74.2 Å². The van der Waals surface area contributed by atoms with Crippen molar-refractivity contribution in [2.75, 3.05) is 31.7 Å². The molecule has 2 aliphatic heterocycles. The molecule has 0 amide bonds. The summed E-state index contributed by atoms with van der Waals surface area (Å²) >= 11 is 18.9. The van der Waals surface area contributed by atoms with E-state index >= 15 is 0 Å². The summed E-state index contributed by atoms with van der Waals surface area (Å²) in [4.78, 5) is 49.0. The van der Waals surface area contributed by atoms with Crippen LogP contribution in [0.25, 0.3) is 22.1 Å². The summed E-state index contributed by atoms with van der Waals surface area (Å²) in [6.45, 7) is 1.19. The highest BCUT2D eigenvalue weighted by molar-refractivity contribution is 6.38. The summed E-state index contributed by atoms with van der Waals surface area (Å²) in [5.41, 5.74) is 8.06. The number of fused-ring (bicyclic) bond motifs is 2. The second kappa shape index (κ2) is 25.6. The number of ketones is 2. The Kier molecular flexibility index (Phi) is 19.4. The number of nitrogens with two attached hydrogens (primary N) is 1. The predicted octanol–water partition coefficient (Wildman–Crippen LogP) is 10.6. The lowest BCUT2D eigenvalue weighted by atomic mass is 10.0. The van der Waals surface area contributed by atoms with E-state index < -0.39 is 0 Å². The maximum Gasteiger partial charge on any atom is 0.196 e. The number of rotatable bonds is 12. The molecule has 4 aromatic carbocycles. The van der Waals surface area contributed by atoms with E-state index in [-0.39, 0.29) is 79.1 Å². The molecule has 0 radical (unpaired) electrons. The number of H-pyrrole nitrogens is 2. The number of benzene rings is 4. The van der Waals surface area contributed by atoms with Crippen LogP contribution in [0.2, 0.25) is 15.2 Å². The number of para-hydroxylation sites is 2. The van der Waals surface area contributed by atoms with Crippen LogP contribution < -0.4 is 20.5 Å². The zero-order valence-corrected chi connectivity index (χ0v) is 39.1. The first-order chi connectivity index (χ1) is 33.6. The molecule has 0 aliphatic carbocycles. The van der Waals surface area contributed by atoms with Crippen molar-refractivity contribution >= 4 is 74.3 Å². The van der Waals surface area contributed by atoms with E-state index in [2.05, 4.69) is 35.2 Å². The summed E-state index contributed by atoms with van der Waals surface area (Å²) in [6, 6.07) is 28.8. The number of nitrogens with one attached hydrogen (secondary N) is 3. The van der Waals surface area contributed by atoms with Crippen LogP contribution in [0, 0.1) is 0 Å². The van der Waals surface area contributed by atoms with Gasteiger partial charge in [0, 0.05) is 41.7 Å². The number of nitrogens with zero attached hydrogens (tertiary/aromatic N) is 4. The predicted molar refractivity (Wildman–Crippen MR) is 277 cm³/mol. The van der Waals surface area contributed by atoms with Crippen molar-refractivity contribution in [1.29, 1.82) is 0 Å². The summed E-state index contributed by atoms with van der Waals surface area (Å²) in [5.74, 6) is 2.46. The van der Waals surface area contributed by atoms with Gasteiger partial charge in [-0.15, -0.1) is 0 Å². The Morgan fingerprint density at radius 3 is 1.59 bits per heavy atom. The maximum atomic E-state index is 13.5. The molecular weight excluding hydrogens is 971 g/mol. The molecule has 0 saturated carbocycles. The first-order valence-corrected chi connectivity index (χ1v) is 23.1. The molecule has 10 rings (SSSR count). The Morgan fingerprint density at radius 1 is 0.620 bits per heavy atom. The number of hydrogen-bond acceptors (Lipinski definition) is 14. The van der Waals surface area contributed by atoms with E-state index in [0.29, 0.717) is 86.4 Å². The molecule has 0 bridgehead atoms. The van der Waals surface area contributed by atoms with Gasteiger partial charge in [-0.25, -0.2) is 19.9 Å². The molecule has 7 N–H and O–H groups in total. The van der Waals surface area contributed by atoms with Crippen LogP contribution in [0.3, 0.4) is 0 Å². The van der Waals surface area contributed by atoms with Crippen LogP contribution in [0.1, 0.15) is 72.4 Å². The lowest BCUT2D eigenvalue weighted by Gasteiger charge is -2.29. The number of aromatic amines is 2. The highest BCUT2D eigenvalue weighted by atomic mass is 35.5. The first-order valence-electron chi connectivity index (χ1n) is 22.0. The Balaban J connectivity index is 0.000000197. The number of aliphatic hydroxyl groups excluding tert-OH is 2. The summed E-state index contributed by atoms with van der Waals surface area (Å²) in [7, 11) is 0. The molecule has 372 valence electrons. The van der Waals surface area contributed by atoms with Gasteiger partial charge < -0.3 is 50.2 Å². The minimum absolute atomic E-state index is 0. The van der Waals surface area contributed by atoms with Crippen LogP contribution in [0.15, 0.2) is 122 Å². The van der Waals surface area contributed by atoms with Gasteiger partial charge in [-0.3, -0.25) is 9.59 Å². The zero-order valence-electron chi connectivity index (χ0n) is 36.9. The van der Waals surface area contributed by atoms with Crippen LogP contribution in [-0.2, 0) is 9.47 Å². The smallest absolute Gasteiger partial charge is 0.196 e. The van der Waals surface area contributed by atoms with Crippen LogP contribution >= 0.6 is 34.8 Å². The molecule has 19 heteroatoms. The summed E-state index contributed by atoms with van der Waals surface area (Å²) in [6.07, 6.45) is 9.30. The van der Waals surface area contributed by atoms with Crippen molar-refractivity contribution in [3.8, 4) is 23.0 Å². The standard InChI is InChI=1S/C25H23ClN4O4.C19H11Cl2N3O2.C6H13NO2.2CH4/c26-21-10-17(34-16-4-2-1-3-5-16)8-9-19(21)23(32)20-11-27-24-22(20)25(29-14-28-24)30-15-6-7-18(12-31)33-13-15;20-15-8-12(26-11-4-2-1-3-5-11)6-7-13(15)17(25)14-9-22-19-16(14)18(21)23-10-24-19;7-5-1-2-6(3-8)9-4-5;;/h1-5,8-11,14-15,18,31H,6-7,12-13H2,(H2,27,28,29,30);1-10H,(H,22,23,24);5-6,8H,1-4,7H2;2*1H4/t15-,18+;;5-,6+;;/m1.1../s1. The number of hydrogen-bond donors (Lipinski definition) is 6. The average Bonchev–Trinajstić information content (AvgIpc) is 4.02. The van der Waals surface area contributed by atoms with E-state index in [1.54, 1.807) is 48.8 Å². The molecule has 6 heterocycles. The third-order valence-corrected chi connectivity index (χ3v) is 12.1. The number of carbonyl (C=O) groups is 2. The fourth-order valence-electron chi connectivity index (χ4n) is 7.61. The molecule has 16 nitrogen and oxygen atoms in total. The minimum atomic E-state index is -0.274. The highest BCUT2D eigenvalue weighted by Crippen LogP contribution is 2.34. The van der Waals surface area contributed by atoms with Gasteiger partial charge in [0.25, 0.3) is 0 Å². The van der Waals surface area contributed by atoms with Gasteiger partial charge in [0.2, 0.25) is 0 Å². The molecular formula is C52H55Cl3N8O8. The average molecular weight is 1030 g/mol. The second-order valence-corrected chi connectivity index (χ2v) is 17.2. The van der Waals surface area contributed by atoms with Crippen molar-refractivity contribution in [2.45, 2.75) is 64.8 Å². The fourth-order valence-corrected chi connectivity index (χ4v) is 8.36. The van der Waals surface area contributed by atoms with E-state index in [1.165, 1.54) is 12.7 Å².